The first-order valence-corrected chi connectivity index (χ1v) is 5.63. The number of anilines is 1. The molecule has 1 aromatic rings. The third-order valence-corrected chi connectivity index (χ3v) is 2.33. The Kier molecular flexibility index (Phi) is 5.51. The van der Waals surface area contributed by atoms with Gasteiger partial charge in [0.2, 0.25) is 5.91 Å². The van der Waals surface area contributed by atoms with Gasteiger partial charge in [-0.25, -0.2) is 4.79 Å². The van der Waals surface area contributed by atoms with Crippen LogP contribution in [-0.4, -0.2) is 29.7 Å². The van der Waals surface area contributed by atoms with Gasteiger partial charge < -0.3 is 15.2 Å². The summed E-state index contributed by atoms with van der Waals surface area (Å²) in [4.78, 5) is 22.0. The van der Waals surface area contributed by atoms with E-state index < -0.39 is 18.0 Å². The lowest BCUT2D eigenvalue weighted by atomic mass is 10.1. The number of nitrogens with zero attached hydrogens (tertiary/aromatic N) is 1. The number of hydrogen-bond acceptors (Lipinski definition) is 4. The first kappa shape index (κ1) is 14.7. The topological polar surface area (TPSA) is 99.4 Å². The highest BCUT2D eigenvalue weighted by atomic mass is 16.5. The van der Waals surface area contributed by atoms with Crippen LogP contribution in [0.3, 0.4) is 0 Å². The molecule has 100 valence electrons. The lowest BCUT2D eigenvalue weighted by molar-refractivity contribution is -0.150. The van der Waals surface area contributed by atoms with Gasteiger partial charge in [-0.2, -0.15) is 5.26 Å². The number of carbonyl (C=O) groups excluding carboxylic acids is 1. The molecular formula is C13H14N2O4. The Labute approximate surface area is 110 Å². The number of ether oxygens (including phenoxy) is 1. The van der Waals surface area contributed by atoms with E-state index in [1.807, 2.05) is 6.07 Å². The Balaban J connectivity index is 2.44. The van der Waals surface area contributed by atoms with Crippen molar-refractivity contribution in [3.05, 3.63) is 29.8 Å². The molecule has 0 aromatic heterocycles. The Hall–Kier alpha value is -2.39. The molecule has 0 spiro atoms. The van der Waals surface area contributed by atoms with E-state index in [2.05, 4.69) is 5.32 Å². The Bertz CT molecular complexity index is 490. The van der Waals surface area contributed by atoms with E-state index in [0.29, 0.717) is 12.1 Å². The van der Waals surface area contributed by atoms with Gasteiger partial charge in [0.15, 0.2) is 6.10 Å². The van der Waals surface area contributed by atoms with Crippen LogP contribution in [0.1, 0.15) is 12.5 Å². The van der Waals surface area contributed by atoms with Crippen molar-refractivity contribution >= 4 is 17.6 Å². The van der Waals surface area contributed by atoms with Crippen molar-refractivity contribution in [1.82, 2.24) is 0 Å². The van der Waals surface area contributed by atoms with Crippen LogP contribution in [0.25, 0.3) is 0 Å². The van der Waals surface area contributed by atoms with Crippen molar-refractivity contribution in [2.45, 2.75) is 19.4 Å². The predicted molar refractivity (Wildman–Crippen MR) is 67.4 cm³/mol. The van der Waals surface area contributed by atoms with Crippen molar-refractivity contribution in [3.63, 3.8) is 0 Å². The van der Waals surface area contributed by atoms with Gasteiger partial charge in [-0.1, -0.05) is 12.1 Å². The summed E-state index contributed by atoms with van der Waals surface area (Å²) < 4.78 is 4.85. The molecule has 19 heavy (non-hydrogen) atoms. The number of rotatable bonds is 6. The van der Waals surface area contributed by atoms with Crippen LogP contribution < -0.4 is 5.32 Å². The maximum Gasteiger partial charge on any atom is 0.332 e. The molecule has 0 saturated heterocycles. The molecule has 1 amide bonds. The van der Waals surface area contributed by atoms with Crippen molar-refractivity contribution < 1.29 is 19.4 Å². The molecule has 0 unspecified atom stereocenters. The van der Waals surface area contributed by atoms with Crippen LogP contribution >= 0.6 is 0 Å². The minimum atomic E-state index is -1.12. The number of nitriles is 1. The highest BCUT2D eigenvalue weighted by Gasteiger charge is 2.13. The number of nitrogens with one attached hydrogen (secondary N) is 1. The van der Waals surface area contributed by atoms with Gasteiger partial charge in [0.05, 0.1) is 12.5 Å². The van der Waals surface area contributed by atoms with E-state index in [9.17, 15) is 9.59 Å². The molecule has 0 fully saturated rings. The molecule has 6 heteroatoms. The van der Waals surface area contributed by atoms with E-state index >= 15 is 0 Å². The molecule has 1 aromatic carbocycles. The molecule has 0 aliphatic heterocycles. The van der Waals surface area contributed by atoms with E-state index in [4.69, 9.17) is 15.1 Å². The summed E-state index contributed by atoms with van der Waals surface area (Å²) in [6.07, 6.45) is -0.711. The van der Waals surface area contributed by atoms with E-state index in [0.717, 1.165) is 5.56 Å². The lowest BCUT2D eigenvalue weighted by Crippen LogP contribution is -2.26. The van der Waals surface area contributed by atoms with Gasteiger partial charge in [-0.15, -0.1) is 0 Å². The van der Waals surface area contributed by atoms with Crippen LogP contribution in [0, 0.1) is 11.3 Å². The number of carboxylic acid groups (broad SMARTS) is 1. The molecule has 0 radical (unpaired) electrons. The standard InChI is InChI=1S/C13H14N2O4/c1-9(13(17)18)19-8-12(16)15-11-4-2-10(3-5-11)6-7-14/h2-5,9H,6,8H2,1H3,(H,15,16)(H,17,18)/t9-/m0/s1. The highest BCUT2D eigenvalue weighted by molar-refractivity contribution is 5.91. The minimum Gasteiger partial charge on any atom is -0.479 e. The Morgan fingerprint density at radius 3 is 2.58 bits per heavy atom. The Morgan fingerprint density at radius 2 is 2.05 bits per heavy atom. The summed E-state index contributed by atoms with van der Waals surface area (Å²) in [7, 11) is 0. The molecule has 2 N–H and O–H groups in total. The van der Waals surface area contributed by atoms with Gasteiger partial charge in [0.25, 0.3) is 0 Å². The third-order valence-electron chi connectivity index (χ3n) is 2.33. The van der Waals surface area contributed by atoms with Crippen LogP contribution in [0.4, 0.5) is 5.69 Å². The molecule has 0 saturated carbocycles. The molecular weight excluding hydrogens is 248 g/mol. The van der Waals surface area contributed by atoms with Gasteiger partial charge in [-0.3, -0.25) is 4.79 Å². The second kappa shape index (κ2) is 7.13. The summed E-state index contributed by atoms with van der Waals surface area (Å²) in [5, 5.41) is 19.7. The summed E-state index contributed by atoms with van der Waals surface area (Å²) in [6.45, 7) is 1.03. The van der Waals surface area contributed by atoms with Crippen molar-refractivity contribution in [1.29, 1.82) is 5.26 Å². The number of hydrogen-bond donors (Lipinski definition) is 2. The van der Waals surface area contributed by atoms with E-state index in [1.165, 1.54) is 6.92 Å². The fourth-order valence-electron chi connectivity index (χ4n) is 1.27. The summed E-state index contributed by atoms with van der Waals surface area (Å²) in [5.74, 6) is -1.55. The third kappa shape index (κ3) is 5.19. The molecule has 1 rings (SSSR count). The fourth-order valence-corrected chi connectivity index (χ4v) is 1.27. The Morgan fingerprint density at radius 1 is 1.42 bits per heavy atom. The van der Waals surface area contributed by atoms with Crippen LogP contribution in [-0.2, 0) is 20.7 Å². The zero-order chi connectivity index (χ0) is 14.3. The zero-order valence-electron chi connectivity index (χ0n) is 10.4. The molecule has 0 aliphatic carbocycles. The van der Waals surface area contributed by atoms with Crippen molar-refractivity contribution in [3.8, 4) is 6.07 Å². The molecule has 0 aliphatic rings. The largest absolute Gasteiger partial charge is 0.479 e. The monoisotopic (exact) mass is 262 g/mol. The van der Waals surface area contributed by atoms with Crippen molar-refractivity contribution in [2.24, 2.45) is 0 Å². The average molecular weight is 262 g/mol. The molecule has 0 bridgehead atoms. The fraction of sp³-hybridized carbons (Fsp3) is 0.308. The summed E-state index contributed by atoms with van der Waals surface area (Å²) in [6, 6.07) is 8.84. The zero-order valence-corrected chi connectivity index (χ0v) is 10.4. The molecule has 1 atom stereocenters. The predicted octanol–water partition coefficient (Wildman–Crippen LogP) is 1.18. The van der Waals surface area contributed by atoms with Crippen LogP contribution in [0.2, 0.25) is 0 Å². The van der Waals surface area contributed by atoms with Gasteiger partial charge >= 0.3 is 5.97 Å². The van der Waals surface area contributed by atoms with Gasteiger partial charge in [0, 0.05) is 5.69 Å². The average Bonchev–Trinajstić information content (AvgIpc) is 2.38. The second-order valence-electron chi connectivity index (χ2n) is 3.87. The number of aliphatic carboxylic acids is 1. The highest BCUT2D eigenvalue weighted by Crippen LogP contribution is 2.09. The summed E-state index contributed by atoms with van der Waals surface area (Å²) in [5.41, 5.74) is 1.43. The maximum absolute atomic E-state index is 11.5. The minimum absolute atomic E-state index is 0.313. The smallest absolute Gasteiger partial charge is 0.332 e. The lowest BCUT2D eigenvalue weighted by Gasteiger charge is -2.09. The molecule has 6 nitrogen and oxygen atoms in total. The number of carbonyl (C=O) groups is 2. The second-order valence-corrected chi connectivity index (χ2v) is 3.87. The van der Waals surface area contributed by atoms with Crippen LogP contribution in [0.15, 0.2) is 24.3 Å². The summed E-state index contributed by atoms with van der Waals surface area (Å²) >= 11 is 0. The van der Waals surface area contributed by atoms with E-state index in [1.54, 1.807) is 24.3 Å². The number of amides is 1. The number of carboxylic acids is 1. The van der Waals surface area contributed by atoms with Crippen LogP contribution in [0.5, 0.6) is 0 Å². The normalized spacial score (nSPS) is 11.4. The first-order valence-electron chi connectivity index (χ1n) is 5.63. The van der Waals surface area contributed by atoms with E-state index in [-0.39, 0.29) is 6.61 Å². The molecule has 0 heterocycles. The SMILES string of the molecule is C[C@H](OCC(=O)Nc1ccc(CC#N)cc1)C(=O)O. The van der Waals surface area contributed by atoms with Gasteiger partial charge in [-0.05, 0) is 24.6 Å². The number of benzene rings is 1. The van der Waals surface area contributed by atoms with Crippen molar-refractivity contribution in [2.75, 3.05) is 11.9 Å². The maximum atomic E-state index is 11.5. The first-order chi connectivity index (χ1) is 9.02. The van der Waals surface area contributed by atoms with Gasteiger partial charge in [0.1, 0.15) is 6.61 Å². The quantitative estimate of drug-likeness (QED) is 0.802.